The van der Waals surface area contributed by atoms with Crippen molar-refractivity contribution in [2.24, 2.45) is 0 Å². The Kier molecular flexibility index (Phi) is 4.43. The van der Waals surface area contributed by atoms with Crippen molar-refractivity contribution in [3.8, 4) is 0 Å². The van der Waals surface area contributed by atoms with Gasteiger partial charge in [0.05, 0.1) is 0 Å². The number of hydrogen-bond acceptors (Lipinski definition) is 2. The number of aromatic nitrogens is 1. The van der Waals surface area contributed by atoms with Crippen molar-refractivity contribution in [2.45, 2.75) is 40.0 Å². The maximum Gasteiger partial charge on any atom is 0.109 e. The Labute approximate surface area is 150 Å². The molecule has 0 aliphatic carbocycles. The zero-order valence-electron chi connectivity index (χ0n) is 15.6. The molecule has 2 aliphatic rings. The van der Waals surface area contributed by atoms with Crippen LogP contribution in [0.5, 0.6) is 0 Å². The van der Waals surface area contributed by atoms with Gasteiger partial charge in [-0.2, -0.15) is 0 Å². The van der Waals surface area contributed by atoms with Crippen molar-refractivity contribution in [3.05, 3.63) is 52.4 Å². The Morgan fingerprint density at radius 2 is 1.92 bits per heavy atom. The largest absolute Gasteiger partial charge is 0.493 e. The summed E-state index contributed by atoms with van der Waals surface area (Å²) in [7, 11) is 0. The second kappa shape index (κ2) is 6.72. The average molecular weight is 336 g/mol. The standard InChI is InChI=1S/C22H28N2O/c1-15-14-25-17(3)22(16(15)2)18-6-7-21-20(12-18)19(13-23-21)8-11-24-9-4-5-10-24/h6-7,12-13,23H,4-5,8-11,14H2,1-3H3. The first-order valence-electron chi connectivity index (χ1n) is 9.46. The summed E-state index contributed by atoms with van der Waals surface area (Å²) >= 11 is 0. The van der Waals surface area contributed by atoms with Gasteiger partial charge in [0.2, 0.25) is 0 Å². The molecule has 1 aromatic heterocycles. The quantitative estimate of drug-likeness (QED) is 0.860. The molecular weight excluding hydrogens is 308 g/mol. The molecule has 2 aliphatic heterocycles. The number of nitrogens with one attached hydrogen (secondary N) is 1. The number of rotatable bonds is 4. The van der Waals surface area contributed by atoms with Gasteiger partial charge < -0.3 is 14.6 Å². The van der Waals surface area contributed by atoms with E-state index in [2.05, 4.69) is 55.1 Å². The topological polar surface area (TPSA) is 28.3 Å². The van der Waals surface area contributed by atoms with Gasteiger partial charge >= 0.3 is 0 Å². The summed E-state index contributed by atoms with van der Waals surface area (Å²) in [6.45, 7) is 10.9. The van der Waals surface area contributed by atoms with Crippen molar-refractivity contribution in [1.82, 2.24) is 9.88 Å². The van der Waals surface area contributed by atoms with Crippen molar-refractivity contribution in [3.63, 3.8) is 0 Å². The van der Waals surface area contributed by atoms with Crippen molar-refractivity contribution in [1.29, 1.82) is 0 Å². The van der Waals surface area contributed by atoms with Crippen LogP contribution in [0.3, 0.4) is 0 Å². The van der Waals surface area contributed by atoms with Crippen molar-refractivity contribution < 1.29 is 4.74 Å². The molecule has 3 heteroatoms. The van der Waals surface area contributed by atoms with E-state index in [-0.39, 0.29) is 0 Å². The van der Waals surface area contributed by atoms with Crippen LogP contribution < -0.4 is 0 Å². The summed E-state index contributed by atoms with van der Waals surface area (Å²) in [6.07, 6.45) is 6.02. The van der Waals surface area contributed by atoms with Crippen LogP contribution in [0.1, 0.15) is 44.7 Å². The molecule has 0 radical (unpaired) electrons. The molecule has 3 heterocycles. The van der Waals surface area contributed by atoms with Crippen LogP contribution in [0, 0.1) is 0 Å². The molecule has 0 saturated carbocycles. The molecule has 4 rings (SSSR count). The summed E-state index contributed by atoms with van der Waals surface area (Å²) in [5, 5.41) is 1.35. The number of likely N-dealkylation sites (tertiary alicyclic amines) is 1. The lowest BCUT2D eigenvalue weighted by molar-refractivity contribution is 0.238. The minimum absolute atomic E-state index is 0.717. The fourth-order valence-corrected chi connectivity index (χ4v) is 4.12. The molecule has 0 unspecified atom stereocenters. The molecule has 0 spiro atoms. The number of nitrogens with zero attached hydrogens (tertiary/aromatic N) is 1. The van der Waals surface area contributed by atoms with Crippen LogP contribution in [-0.2, 0) is 11.2 Å². The molecule has 1 saturated heterocycles. The van der Waals surface area contributed by atoms with Crippen LogP contribution in [0.15, 0.2) is 41.3 Å². The Morgan fingerprint density at radius 3 is 2.72 bits per heavy atom. The van der Waals surface area contributed by atoms with Crippen LogP contribution in [0.4, 0.5) is 0 Å². The van der Waals surface area contributed by atoms with Crippen LogP contribution in [0.2, 0.25) is 0 Å². The maximum atomic E-state index is 5.87. The highest BCUT2D eigenvalue weighted by molar-refractivity contribution is 5.90. The molecule has 0 atom stereocenters. The van der Waals surface area contributed by atoms with Gasteiger partial charge in [0.15, 0.2) is 0 Å². The Hall–Kier alpha value is -2.00. The van der Waals surface area contributed by atoms with E-state index in [1.165, 1.54) is 71.2 Å². The Bertz CT molecular complexity index is 850. The summed E-state index contributed by atoms with van der Waals surface area (Å²) in [5.74, 6) is 1.04. The number of benzene rings is 1. The van der Waals surface area contributed by atoms with E-state index in [1.807, 2.05) is 0 Å². The molecule has 0 amide bonds. The highest BCUT2D eigenvalue weighted by atomic mass is 16.5. The SMILES string of the molecule is CC1=C(C)C(c2ccc3[nH]cc(CCN4CCCC4)c3c2)=C(C)OC1. The van der Waals surface area contributed by atoms with E-state index in [9.17, 15) is 0 Å². The average Bonchev–Trinajstić information content (AvgIpc) is 3.26. The highest BCUT2D eigenvalue weighted by Gasteiger charge is 2.18. The van der Waals surface area contributed by atoms with E-state index in [0.717, 1.165) is 12.2 Å². The van der Waals surface area contributed by atoms with Gasteiger partial charge in [0.25, 0.3) is 0 Å². The first kappa shape index (κ1) is 16.5. The van der Waals surface area contributed by atoms with Gasteiger partial charge in [-0.1, -0.05) is 6.07 Å². The van der Waals surface area contributed by atoms with Gasteiger partial charge in [-0.25, -0.2) is 0 Å². The predicted molar refractivity (Wildman–Crippen MR) is 105 cm³/mol. The summed E-state index contributed by atoms with van der Waals surface area (Å²) in [5.41, 5.74) is 7.87. The number of H-pyrrole nitrogens is 1. The number of fused-ring (bicyclic) bond motifs is 1. The van der Waals surface area contributed by atoms with Gasteiger partial charge in [0, 0.05) is 29.2 Å². The van der Waals surface area contributed by atoms with E-state index in [0.29, 0.717) is 6.61 Å². The molecule has 3 nitrogen and oxygen atoms in total. The van der Waals surface area contributed by atoms with Crippen LogP contribution in [-0.4, -0.2) is 36.1 Å². The molecular formula is C22H28N2O. The first-order chi connectivity index (χ1) is 12.1. The molecule has 1 N–H and O–H groups in total. The molecule has 132 valence electrons. The second-order valence-corrected chi connectivity index (χ2v) is 7.50. The third kappa shape index (κ3) is 3.13. The van der Waals surface area contributed by atoms with Crippen molar-refractivity contribution in [2.75, 3.05) is 26.2 Å². The molecule has 25 heavy (non-hydrogen) atoms. The lowest BCUT2D eigenvalue weighted by atomic mass is 9.92. The Morgan fingerprint density at radius 1 is 1.12 bits per heavy atom. The zero-order valence-corrected chi connectivity index (χ0v) is 15.6. The zero-order chi connectivity index (χ0) is 17.4. The molecule has 0 bridgehead atoms. The molecule has 1 fully saturated rings. The van der Waals surface area contributed by atoms with Gasteiger partial charge in [0.1, 0.15) is 12.4 Å². The Balaban J connectivity index is 1.66. The van der Waals surface area contributed by atoms with Gasteiger partial charge in [-0.3, -0.25) is 0 Å². The van der Waals surface area contributed by atoms with Crippen LogP contribution >= 0.6 is 0 Å². The number of allylic oxidation sites excluding steroid dienone is 3. The molecule has 1 aromatic carbocycles. The van der Waals surface area contributed by atoms with Crippen molar-refractivity contribution >= 4 is 16.5 Å². The van der Waals surface area contributed by atoms with E-state index in [4.69, 9.17) is 4.74 Å². The van der Waals surface area contributed by atoms with Gasteiger partial charge in [-0.15, -0.1) is 0 Å². The summed E-state index contributed by atoms with van der Waals surface area (Å²) in [6, 6.07) is 6.77. The minimum Gasteiger partial charge on any atom is -0.493 e. The number of aromatic amines is 1. The van der Waals surface area contributed by atoms with E-state index >= 15 is 0 Å². The second-order valence-electron chi connectivity index (χ2n) is 7.50. The monoisotopic (exact) mass is 336 g/mol. The third-order valence-corrected chi connectivity index (χ3v) is 5.82. The first-order valence-corrected chi connectivity index (χ1v) is 9.46. The van der Waals surface area contributed by atoms with Gasteiger partial charge in [-0.05, 0) is 87.5 Å². The van der Waals surface area contributed by atoms with E-state index < -0.39 is 0 Å². The fourth-order valence-electron chi connectivity index (χ4n) is 4.12. The smallest absolute Gasteiger partial charge is 0.109 e. The normalized spacial score (nSPS) is 19.2. The predicted octanol–water partition coefficient (Wildman–Crippen LogP) is 4.90. The number of ether oxygens (including phenoxy) is 1. The third-order valence-electron chi connectivity index (χ3n) is 5.82. The van der Waals surface area contributed by atoms with E-state index in [1.54, 1.807) is 0 Å². The maximum absolute atomic E-state index is 5.87. The molecule has 2 aromatic rings. The lowest BCUT2D eigenvalue weighted by Crippen LogP contribution is -2.21. The fraction of sp³-hybridized carbons (Fsp3) is 0.455. The lowest BCUT2D eigenvalue weighted by Gasteiger charge is -2.22. The summed E-state index contributed by atoms with van der Waals surface area (Å²) in [4.78, 5) is 6.03. The summed E-state index contributed by atoms with van der Waals surface area (Å²) < 4.78 is 5.87. The number of hydrogen-bond donors (Lipinski definition) is 1. The van der Waals surface area contributed by atoms with Crippen LogP contribution in [0.25, 0.3) is 16.5 Å². The highest BCUT2D eigenvalue weighted by Crippen LogP contribution is 2.34. The minimum atomic E-state index is 0.717.